The van der Waals surface area contributed by atoms with Crippen LogP contribution in [0.3, 0.4) is 0 Å². The predicted octanol–water partition coefficient (Wildman–Crippen LogP) is 0.141. The fourth-order valence-electron chi connectivity index (χ4n) is 3.04. The standard InChI is InChI=1S/C20H16N6O6S2/c21-34(31,32)12-7-5-11(6-8-12)26-18(29)13-3-1-2-4-14(13)24-20(26)33-10-16(27)23-15-9-22-19(30)25-17(15)28/h1-9H,10H2,(H,23,27)(H2,21,31,32)(H2,22,25,28,30). The lowest BCUT2D eigenvalue weighted by Crippen LogP contribution is -2.27. The molecule has 12 nitrogen and oxygen atoms in total. The van der Waals surface area contributed by atoms with Gasteiger partial charge in [0.1, 0.15) is 5.69 Å². The van der Waals surface area contributed by atoms with Gasteiger partial charge in [-0.1, -0.05) is 23.9 Å². The number of carbonyl (C=O) groups excluding carboxylic acids is 1. The first-order valence-corrected chi connectivity index (χ1v) is 12.1. The van der Waals surface area contributed by atoms with Crippen molar-refractivity contribution in [2.24, 2.45) is 5.14 Å². The molecule has 0 radical (unpaired) electrons. The van der Waals surface area contributed by atoms with Crippen LogP contribution in [0.4, 0.5) is 5.69 Å². The van der Waals surface area contributed by atoms with E-state index in [1.807, 2.05) is 4.98 Å². The number of thioether (sulfide) groups is 1. The number of aromatic nitrogens is 4. The molecule has 4 rings (SSSR count). The van der Waals surface area contributed by atoms with Crippen molar-refractivity contribution < 1.29 is 13.2 Å². The van der Waals surface area contributed by atoms with Gasteiger partial charge >= 0.3 is 5.69 Å². The second-order valence-electron chi connectivity index (χ2n) is 6.91. The first kappa shape index (κ1) is 23.2. The highest BCUT2D eigenvalue weighted by Gasteiger charge is 2.16. The number of benzene rings is 2. The van der Waals surface area contributed by atoms with Crippen LogP contribution in [-0.4, -0.2) is 39.6 Å². The van der Waals surface area contributed by atoms with Crippen molar-refractivity contribution in [3.8, 4) is 5.69 Å². The second kappa shape index (κ2) is 9.09. The summed E-state index contributed by atoms with van der Waals surface area (Å²) in [4.78, 5) is 57.1. The van der Waals surface area contributed by atoms with Crippen molar-refractivity contribution in [2.75, 3.05) is 11.1 Å². The number of nitrogens with two attached hydrogens (primary N) is 1. The Hall–Kier alpha value is -4.01. The average Bonchev–Trinajstić information content (AvgIpc) is 2.79. The van der Waals surface area contributed by atoms with Gasteiger partial charge in [0, 0.05) is 6.20 Å². The van der Waals surface area contributed by atoms with E-state index in [0.29, 0.717) is 16.6 Å². The van der Waals surface area contributed by atoms with Gasteiger partial charge in [-0.05, 0) is 36.4 Å². The summed E-state index contributed by atoms with van der Waals surface area (Å²) in [5.74, 6) is -0.806. The van der Waals surface area contributed by atoms with Crippen molar-refractivity contribution in [3.05, 3.63) is 85.9 Å². The summed E-state index contributed by atoms with van der Waals surface area (Å²) >= 11 is 0.930. The molecular weight excluding hydrogens is 484 g/mol. The smallest absolute Gasteiger partial charge is 0.320 e. The van der Waals surface area contributed by atoms with Gasteiger partial charge in [0.05, 0.1) is 27.2 Å². The third-order valence-corrected chi connectivity index (χ3v) is 6.46. The maximum atomic E-state index is 13.2. The molecule has 0 bridgehead atoms. The molecule has 34 heavy (non-hydrogen) atoms. The minimum Gasteiger partial charge on any atom is -0.320 e. The van der Waals surface area contributed by atoms with Crippen LogP contribution in [0.1, 0.15) is 0 Å². The van der Waals surface area contributed by atoms with Crippen LogP contribution in [0.2, 0.25) is 0 Å². The zero-order valence-corrected chi connectivity index (χ0v) is 18.8. The van der Waals surface area contributed by atoms with Gasteiger partial charge in [-0.25, -0.2) is 23.3 Å². The van der Waals surface area contributed by atoms with Crippen molar-refractivity contribution in [2.45, 2.75) is 10.1 Å². The van der Waals surface area contributed by atoms with E-state index in [1.165, 1.54) is 28.8 Å². The Morgan fingerprint density at radius 3 is 2.47 bits per heavy atom. The van der Waals surface area contributed by atoms with Crippen LogP contribution in [0.15, 0.2) is 79.2 Å². The largest absolute Gasteiger partial charge is 0.325 e. The molecule has 2 heterocycles. The summed E-state index contributed by atoms with van der Waals surface area (Å²) in [5, 5.41) is 8.00. The molecule has 0 unspecified atom stereocenters. The molecule has 0 spiro atoms. The summed E-state index contributed by atoms with van der Waals surface area (Å²) in [6, 6.07) is 12.0. The maximum absolute atomic E-state index is 13.2. The molecule has 0 saturated carbocycles. The highest BCUT2D eigenvalue weighted by Crippen LogP contribution is 2.22. The van der Waals surface area contributed by atoms with Crippen molar-refractivity contribution in [1.82, 2.24) is 19.5 Å². The number of aromatic amines is 2. The predicted molar refractivity (Wildman–Crippen MR) is 126 cm³/mol. The van der Waals surface area contributed by atoms with Crippen LogP contribution in [-0.2, 0) is 14.8 Å². The zero-order valence-electron chi connectivity index (χ0n) is 17.1. The van der Waals surface area contributed by atoms with Gasteiger partial charge in [0.2, 0.25) is 15.9 Å². The van der Waals surface area contributed by atoms with E-state index < -0.39 is 32.7 Å². The lowest BCUT2D eigenvalue weighted by Gasteiger charge is -2.13. The number of nitrogens with zero attached hydrogens (tertiary/aromatic N) is 2. The first-order chi connectivity index (χ1) is 16.1. The molecule has 0 aliphatic carbocycles. The Morgan fingerprint density at radius 1 is 1.09 bits per heavy atom. The van der Waals surface area contributed by atoms with Gasteiger partial charge in [0.15, 0.2) is 5.16 Å². The Balaban J connectivity index is 1.70. The number of primary sulfonamides is 1. The van der Waals surface area contributed by atoms with Crippen LogP contribution in [0, 0.1) is 0 Å². The number of rotatable bonds is 6. The van der Waals surface area contributed by atoms with Gasteiger partial charge in [0.25, 0.3) is 11.1 Å². The molecule has 0 atom stereocenters. The number of fused-ring (bicyclic) bond motifs is 1. The quantitative estimate of drug-likeness (QED) is 0.212. The molecule has 4 aromatic rings. The number of para-hydroxylation sites is 1. The van der Waals surface area contributed by atoms with Crippen LogP contribution in [0.25, 0.3) is 16.6 Å². The zero-order chi connectivity index (χ0) is 24.5. The van der Waals surface area contributed by atoms with E-state index in [4.69, 9.17) is 5.14 Å². The lowest BCUT2D eigenvalue weighted by molar-refractivity contribution is -0.113. The van der Waals surface area contributed by atoms with E-state index in [0.717, 1.165) is 18.0 Å². The summed E-state index contributed by atoms with van der Waals surface area (Å²) in [6.45, 7) is 0. The Bertz CT molecular complexity index is 1690. The SMILES string of the molecule is NS(=O)(=O)c1ccc(-n2c(SCC(=O)Nc3c[nH]c(=O)[nH]c3=O)nc3ccccc3c2=O)cc1. The van der Waals surface area contributed by atoms with E-state index in [9.17, 15) is 27.6 Å². The van der Waals surface area contributed by atoms with Gasteiger partial charge in [-0.15, -0.1) is 0 Å². The van der Waals surface area contributed by atoms with E-state index in [2.05, 4.69) is 15.3 Å². The molecule has 5 N–H and O–H groups in total. The van der Waals surface area contributed by atoms with Gasteiger partial charge in [-0.3, -0.25) is 23.9 Å². The molecule has 0 aliphatic rings. The molecule has 0 saturated heterocycles. The molecular formula is C20H16N6O6S2. The number of sulfonamides is 1. The minimum atomic E-state index is -3.93. The first-order valence-electron chi connectivity index (χ1n) is 9.53. The van der Waals surface area contributed by atoms with Crippen LogP contribution < -0.4 is 27.3 Å². The van der Waals surface area contributed by atoms with Crippen molar-refractivity contribution >= 4 is 44.3 Å². The van der Waals surface area contributed by atoms with E-state index in [1.54, 1.807) is 24.3 Å². The highest BCUT2D eigenvalue weighted by atomic mass is 32.2. The number of anilines is 1. The second-order valence-corrected chi connectivity index (χ2v) is 9.42. The minimum absolute atomic E-state index is 0.127. The third-order valence-electron chi connectivity index (χ3n) is 4.59. The molecule has 0 fully saturated rings. The monoisotopic (exact) mass is 500 g/mol. The lowest BCUT2D eigenvalue weighted by atomic mass is 10.2. The Labute approximate surface area is 194 Å². The van der Waals surface area contributed by atoms with Crippen molar-refractivity contribution in [3.63, 3.8) is 0 Å². The summed E-state index contributed by atoms with van der Waals surface area (Å²) < 4.78 is 24.4. The molecule has 2 aromatic carbocycles. The highest BCUT2D eigenvalue weighted by molar-refractivity contribution is 7.99. The van der Waals surface area contributed by atoms with E-state index >= 15 is 0 Å². The summed E-state index contributed by atoms with van der Waals surface area (Å²) in [6.07, 6.45) is 1.07. The molecule has 1 amide bonds. The number of H-pyrrole nitrogens is 2. The number of amides is 1. The van der Waals surface area contributed by atoms with Gasteiger partial charge < -0.3 is 10.3 Å². The van der Waals surface area contributed by atoms with Crippen LogP contribution >= 0.6 is 11.8 Å². The topological polar surface area (TPSA) is 190 Å². The summed E-state index contributed by atoms with van der Waals surface area (Å²) in [7, 11) is -3.93. The van der Waals surface area contributed by atoms with E-state index in [-0.39, 0.29) is 21.5 Å². The average molecular weight is 501 g/mol. The fraction of sp³-hybridized carbons (Fsp3) is 0.0500. The fourth-order valence-corrected chi connectivity index (χ4v) is 4.37. The normalized spacial score (nSPS) is 11.4. The number of carbonyl (C=O) groups is 1. The third kappa shape index (κ3) is 4.83. The number of hydrogen-bond donors (Lipinski definition) is 4. The molecule has 14 heteroatoms. The van der Waals surface area contributed by atoms with Crippen LogP contribution in [0.5, 0.6) is 0 Å². The molecule has 2 aromatic heterocycles. The number of hydrogen-bond acceptors (Lipinski definition) is 8. The summed E-state index contributed by atoms with van der Waals surface area (Å²) in [5.41, 5.74) is -1.32. The molecule has 0 aliphatic heterocycles. The maximum Gasteiger partial charge on any atom is 0.325 e. The molecule has 174 valence electrons. The number of nitrogens with one attached hydrogen (secondary N) is 3. The Morgan fingerprint density at radius 2 is 1.79 bits per heavy atom. The van der Waals surface area contributed by atoms with Crippen molar-refractivity contribution in [1.29, 1.82) is 0 Å². The van der Waals surface area contributed by atoms with Gasteiger partial charge in [-0.2, -0.15) is 0 Å². The Kier molecular flexibility index (Phi) is 6.19.